The van der Waals surface area contributed by atoms with Crippen LogP contribution in [0.5, 0.6) is 0 Å². The summed E-state index contributed by atoms with van der Waals surface area (Å²) >= 11 is 0. The van der Waals surface area contributed by atoms with Crippen LogP contribution in [0.15, 0.2) is 0 Å². The van der Waals surface area contributed by atoms with Gasteiger partial charge in [0.25, 0.3) is 0 Å². The smallest absolute Gasteiger partial charge is 0.320 e. The number of aliphatic carboxylic acids is 2. The highest BCUT2D eigenvalue weighted by molar-refractivity contribution is 5.75. The normalized spacial score (nSPS) is 12.2. The van der Waals surface area contributed by atoms with Gasteiger partial charge in [0.15, 0.2) is 0 Å². The van der Waals surface area contributed by atoms with E-state index >= 15 is 0 Å². The minimum atomic E-state index is -0.965. The molecule has 0 aromatic heterocycles. The Morgan fingerprint density at radius 2 is 1.36 bits per heavy atom. The van der Waals surface area contributed by atoms with Gasteiger partial charge in [-0.3, -0.25) is 9.59 Å². The van der Waals surface area contributed by atoms with Crippen LogP contribution >= 0.6 is 0 Å². The van der Waals surface area contributed by atoms with Crippen LogP contribution < -0.4 is 5.32 Å². The largest absolute Gasteiger partial charge is 0.481 e. The monoisotopic (exact) mass is 315 g/mol. The first-order valence-electron chi connectivity index (χ1n) is 8.76. The van der Waals surface area contributed by atoms with Gasteiger partial charge in [0, 0.05) is 6.42 Å². The van der Waals surface area contributed by atoms with Gasteiger partial charge in [-0.2, -0.15) is 0 Å². The van der Waals surface area contributed by atoms with Gasteiger partial charge in [0.1, 0.15) is 6.04 Å². The van der Waals surface area contributed by atoms with Crippen molar-refractivity contribution < 1.29 is 19.8 Å². The molecule has 0 fully saturated rings. The molecule has 0 aliphatic rings. The Morgan fingerprint density at radius 3 is 1.82 bits per heavy atom. The molecule has 0 saturated heterocycles. The van der Waals surface area contributed by atoms with Crippen LogP contribution in [-0.2, 0) is 9.59 Å². The van der Waals surface area contributed by atoms with Gasteiger partial charge >= 0.3 is 11.9 Å². The van der Waals surface area contributed by atoms with E-state index in [0.717, 1.165) is 12.8 Å². The summed E-state index contributed by atoms with van der Waals surface area (Å²) in [6, 6.07) is -0.741. The molecule has 0 amide bonds. The van der Waals surface area contributed by atoms with Crippen molar-refractivity contribution in [2.24, 2.45) is 0 Å². The zero-order chi connectivity index (χ0) is 16.6. The third kappa shape index (κ3) is 13.9. The predicted molar refractivity (Wildman–Crippen MR) is 88.1 cm³/mol. The number of unbranched alkanes of at least 4 members (excludes halogenated alkanes) is 9. The Bertz CT molecular complexity index is 294. The second-order valence-corrected chi connectivity index (χ2v) is 5.96. The number of carboxylic acid groups (broad SMARTS) is 2. The molecule has 5 heteroatoms. The van der Waals surface area contributed by atoms with E-state index in [-0.39, 0.29) is 12.8 Å². The molecule has 22 heavy (non-hydrogen) atoms. The van der Waals surface area contributed by atoms with Gasteiger partial charge in [0.2, 0.25) is 0 Å². The Labute approximate surface area is 134 Å². The zero-order valence-corrected chi connectivity index (χ0v) is 14.0. The summed E-state index contributed by atoms with van der Waals surface area (Å²) in [6.07, 6.45) is 12.5. The minimum Gasteiger partial charge on any atom is -0.481 e. The number of carboxylic acids is 2. The second-order valence-electron chi connectivity index (χ2n) is 5.96. The van der Waals surface area contributed by atoms with Gasteiger partial charge in [-0.25, -0.2) is 0 Å². The Kier molecular flexibility index (Phi) is 14.1. The van der Waals surface area contributed by atoms with Crippen molar-refractivity contribution in [3.8, 4) is 0 Å². The average Bonchev–Trinajstić information content (AvgIpc) is 2.47. The standard InChI is InChI=1S/C17H33NO4/c1-2-3-4-5-6-7-8-9-10-11-14-18-15(17(21)22)12-13-16(19)20/h15,18H,2-14H2,1H3,(H,19,20)(H,21,22). The molecule has 0 radical (unpaired) electrons. The lowest BCUT2D eigenvalue weighted by Gasteiger charge is -2.13. The molecule has 1 atom stereocenters. The van der Waals surface area contributed by atoms with Crippen molar-refractivity contribution in [2.75, 3.05) is 6.54 Å². The highest BCUT2D eigenvalue weighted by Gasteiger charge is 2.17. The summed E-state index contributed by atoms with van der Waals surface area (Å²) in [4.78, 5) is 21.4. The summed E-state index contributed by atoms with van der Waals surface area (Å²) in [7, 11) is 0. The van der Waals surface area contributed by atoms with E-state index in [2.05, 4.69) is 12.2 Å². The molecule has 0 rings (SSSR count). The molecule has 0 spiro atoms. The first kappa shape index (κ1) is 20.9. The fourth-order valence-electron chi connectivity index (χ4n) is 2.47. The first-order chi connectivity index (χ1) is 10.6. The van der Waals surface area contributed by atoms with E-state index in [4.69, 9.17) is 10.2 Å². The number of nitrogens with one attached hydrogen (secondary N) is 1. The van der Waals surface area contributed by atoms with Crippen LogP contribution in [0.3, 0.4) is 0 Å². The molecule has 1 unspecified atom stereocenters. The van der Waals surface area contributed by atoms with Crippen molar-refractivity contribution in [3.63, 3.8) is 0 Å². The summed E-state index contributed by atoms with van der Waals surface area (Å²) in [5.74, 6) is -1.92. The molecule has 0 aliphatic heterocycles. The second kappa shape index (κ2) is 14.8. The molecular formula is C17H33NO4. The van der Waals surface area contributed by atoms with E-state index in [1.165, 1.54) is 51.4 Å². The summed E-state index contributed by atoms with van der Waals surface area (Å²) < 4.78 is 0. The van der Waals surface area contributed by atoms with Crippen LogP contribution in [-0.4, -0.2) is 34.7 Å². The van der Waals surface area contributed by atoms with Crippen molar-refractivity contribution in [3.05, 3.63) is 0 Å². The van der Waals surface area contributed by atoms with Crippen LogP contribution in [0.1, 0.15) is 84.0 Å². The molecule has 0 saturated carbocycles. The molecule has 0 aromatic rings. The summed E-state index contributed by atoms with van der Waals surface area (Å²) in [5.41, 5.74) is 0. The Hall–Kier alpha value is -1.10. The molecular weight excluding hydrogens is 282 g/mol. The number of hydrogen-bond donors (Lipinski definition) is 3. The molecule has 0 bridgehead atoms. The van der Waals surface area contributed by atoms with Gasteiger partial charge in [-0.1, -0.05) is 64.7 Å². The van der Waals surface area contributed by atoms with Crippen molar-refractivity contribution in [1.82, 2.24) is 5.32 Å². The van der Waals surface area contributed by atoms with Gasteiger partial charge < -0.3 is 15.5 Å². The van der Waals surface area contributed by atoms with E-state index in [0.29, 0.717) is 6.54 Å². The van der Waals surface area contributed by atoms with E-state index < -0.39 is 18.0 Å². The van der Waals surface area contributed by atoms with Crippen LogP contribution in [0.4, 0.5) is 0 Å². The molecule has 130 valence electrons. The maximum atomic E-state index is 11.0. The average molecular weight is 315 g/mol. The van der Waals surface area contributed by atoms with Crippen molar-refractivity contribution in [1.29, 1.82) is 0 Å². The fourth-order valence-corrected chi connectivity index (χ4v) is 2.47. The number of carbonyl (C=O) groups is 2. The lowest BCUT2D eigenvalue weighted by Crippen LogP contribution is -2.37. The zero-order valence-electron chi connectivity index (χ0n) is 14.0. The highest BCUT2D eigenvalue weighted by Crippen LogP contribution is 2.10. The van der Waals surface area contributed by atoms with Crippen LogP contribution in [0, 0.1) is 0 Å². The van der Waals surface area contributed by atoms with E-state index in [9.17, 15) is 9.59 Å². The third-order valence-corrected chi connectivity index (χ3v) is 3.87. The summed E-state index contributed by atoms with van der Waals surface area (Å²) in [6.45, 7) is 2.87. The third-order valence-electron chi connectivity index (χ3n) is 3.87. The first-order valence-corrected chi connectivity index (χ1v) is 8.76. The highest BCUT2D eigenvalue weighted by atomic mass is 16.4. The van der Waals surface area contributed by atoms with Gasteiger partial charge in [-0.05, 0) is 19.4 Å². The van der Waals surface area contributed by atoms with Crippen molar-refractivity contribution >= 4 is 11.9 Å². The van der Waals surface area contributed by atoms with Crippen molar-refractivity contribution in [2.45, 2.75) is 90.0 Å². The van der Waals surface area contributed by atoms with Gasteiger partial charge in [0.05, 0.1) is 0 Å². The molecule has 0 aliphatic carbocycles. The lowest BCUT2D eigenvalue weighted by atomic mass is 10.1. The van der Waals surface area contributed by atoms with Gasteiger partial charge in [-0.15, -0.1) is 0 Å². The molecule has 0 heterocycles. The predicted octanol–water partition coefficient (Wildman–Crippen LogP) is 3.81. The number of hydrogen-bond acceptors (Lipinski definition) is 3. The Balaban J connectivity index is 3.42. The van der Waals surface area contributed by atoms with Crippen LogP contribution in [0.2, 0.25) is 0 Å². The Morgan fingerprint density at radius 1 is 0.864 bits per heavy atom. The fraction of sp³-hybridized carbons (Fsp3) is 0.882. The molecule has 0 aromatic carbocycles. The maximum Gasteiger partial charge on any atom is 0.320 e. The minimum absolute atomic E-state index is 0.109. The van der Waals surface area contributed by atoms with Crippen LogP contribution in [0.25, 0.3) is 0 Å². The van der Waals surface area contributed by atoms with E-state index in [1.54, 1.807) is 0 Å². The summed E-state index contributed by atoms with van der Waals surface area (Å²) in [5, 5.41) is 20.5. The molecule has 5 nitrogen and oxygen atoms in total. The number of rotatable bonds is 16. The molecule has 3 N–H and O–H groups in total. The van der Waals surface area contributed by atoms with E-state index in [1.807, 2.05) is 0 Å². The lowest BCUT2D eigenvalue weighted by molar-refractivity contribution is -0.140. The SMILES string of the molecule is CCCCCCCCCCCCNC(CCC(=O)O)C(=O)O. The maximum absolute atomic E-state index is 11.0. The topological polar surface area (TPSA) is 86.6 Å². The quantitative estimate of drug-likeness (QED) is 0.377.